The molecule has 5 nitrogen and oxygen atoms in total. The minimum absolute atomic E-state index is 0.169. The molecule has 0 bridgehead atoms. The van der Waals surface area contributed by atoms with Gasteiger partial charge in [-0.1, -0.05) is 6.92 Å². The predicted molar refractivity (Wildman–Crippen MR) is 66.4 cm³/mol. The molecule has 0 aromatic heterocycles. The summed E-state index contributed by atoms with van der Waals surface area (Å²) in [5.74, 6) is 0. The molecule has 0 atom stereocenters. The summed E-state index contributed by atoms with van der Waals surface area (Å²) in [5, 5.41) is 2.91. The molecule has 2 aliphatic heterocycles. The van der Waals surface area contributed by atoms with E-state index < -0.39 is 10.0 Å². The molecule has 100 valence electrons. The summed E-state index contributed by atoms with van der Waals surface area (Å²) < 4.78 is 32.1. The summed E-state index contributed by atoms with van der Waals surface area (Å²) in [5.41, 5.74) is 0. The first-order valence-electron chi connectivity index (χ1n) is 6.45. The molecule has 0 spiro atoms. The number of nitrogens with one attached hydrogen (secondary N) is 1. The molecule has 17 heavy (non-hydrogen) atoms. The standard InChI is InChI=1S/C11H22N2O3S/c1-2-5-13(10-8-12-9-10)17(14,15)11-3-6-16-7-4-11/h10-12H,2-9H2,1H3. The van der Waals surface area contributed by atoms with E-state index in [0.29, 0.717) is 32.6 Å². The minimum Gasteiger partial charge on any atom is -0.381 e. The Kier molecular flexibility index (Phi) is 4.41. The third kappa shape index (κ3) is 2.81. The van der Waals surface area contributed by atoms with Gasteiger partial charge in [-0.3, -0.25) is 0 Å². The number of hydrogen-bond donors (Lipinski definition) is 1. The average molecular weight is 262 g/mol. The molecule has 2 fully saturated rings. The first-order chi connectivity index (χ1) is 8.16. The first-order valence-corrected chi connectivity index (χ1v) is 7.95. The van der Waals surface area contributed by atoms with Gasteiger partial charge in [0.25, 0.3) is 0 Å². The van der Waals surface area contributed by atoms with E-state index in [0.717, 1.165) is 19.5 Å². The zero-order chi connectivity index (χ0) is 12.3. The minimum atomic E-state index is -3.13. The van der Waals surface area contributed by atoms with E-state index in [1.165, 1.54) is 0 Å². The van der Waals surface area contributed by atoms with Crippen molar-refractivity contribution in [2.45, 2.75) is 37.5 Å². The third-order valence-electron chi connectivity index (χ3n) is 3.53. The Balaban J connectivity index is 2.08. The van der Waals surface area contributed by atoms with Gasteiger partial charge in [-0.05, 0) is 19.3 Å². The Morgan fingerprint density at radius 3 is 2.41 bits per heavy atom. The lowest BCUT2D eigenvalue weighted by Crippen LogP contribution is -2.60. The van der Waals surface area contributed by atoms with Crippen molar-refractivity contribution in [3.63, 3.8) is 0 Å². The Bertz CT molecular complexity index is 335. The normalized spacial score (nSPS) is 23.9. The van der Waals surface area contributed by atoms with Crippen LogP contribution in [-0.2, 0) is 14.8 Å². The maximum absolute atomic E-state index is 12.6. The number of sulfonamides is 1. The van der Waals surface area contributed by atoms with Crippen LogP contribution in [0, 0.1) is 0 Å². The molecule has 1 N–H and O–H groups in total. The van der Waals surface area contributed by atoms with Crippen LogP contribution >= 0.6 is 0 Å². The van der Waals surface area contributed by atoms with Crippen LogP contribution in [0.2, 0.25) is 0 Å². The molecule has 0 radical (unpaired) electrons. The summed E-state index contributed by atoms with van der Waals surface area (Å²) in [6, 6.07) is 0.169. The van der Waals surface area contributed by atoms with Crippen molar-refractivity contribution in [2.75, 3.05) is 32.8 Å². The second kappa shape index (κ2) is 5.65. The molecule has 2 rings (SSSR count). The van der Waals surface area contributed by atoms with Crippen molar-refractivity contribution in [3.05, 3.63) is 0 Å². The van der Waals surface area contributed by atoms with Crippen LogP contribution in [0.25, 0.3) is 0 Å². The highest BCUT2D eigenvalue weighted by atomic mass is 32.2. The Hall–Kier alpha value is -0.170. The molecule has 2 saturated heterocycles. The highest BCUT2D eigenvalue weighted by Crippen LogP contribution is 2.23. The van der Waals surface area contributed by atoms with E-state index in [-0.39, 0.29) is 11.3 Å². The van der Waals surface area contributed by atoms with Crippen LogP contribution in [0.5, 0.6) is 0 Å². The lowest BCUT2D eigenvalue weighted by Gasteiger charge is -2.39. The number of nitrogens with zero attached hydrogens (tertiary/aromatic N) is 1. The van der Waals surface area contributed by atoms with Gasteiger partial charge in [0, 0.05) is 38.9 Å². The zero-order valence-electron chi connectivity index (χ0n) is 10.4. The van der Waals surface area contributed by atoms with Gasteiger partial charge in [0.1, 0.15) is 0 Å². The zero-order valence-corrected chi connectivity index (χ0v) is 11.2. The maximum atomic E-state index is 12.6. The largest absolute Gasteiger partial charge is 0.381 e. The van der Waals surface area contributed by atoms with Gasteiger partial charge in [0.05, 0.1) is 5.25 Å². The second-order valence-electron chi connectivity index (χ2n) is 4.78. The topological polar surface area (TPSA) is 58.6 Å². The van der Waals surface area contributed by atoms with Gasteiger partial charge >= 0.3 is 0 Å². The Morgan fingerprint density at radius 2 is 1.94 bits per heavy atom. The summed E-state index contributed by atoms with van der Waals surface area (Å²) in [7, 11) is -3.13. The van der Waals surface area contributed by atoms with E-state index in [9.17, 15) is 8.42 Å². The number of hydrogen-bond acceptors (Lipinski definition) is 4. The molecular formula is C11H22N2O3S. The van der Waals surface area contributed by atoms with Crippen molar-refractivity contribution < 1.29 is 13.2 Å². The van der Waals surface area contributed by atoms with E-state index in [1.54, 1.807) is 4.31 Å². The molecule has 2 heterocycles. The molecular weight excluding hydrogens is 240 g/mol. The van der Waals surface area contributed by atoms with Crippen LogP contribution in [0.15, 0.2) is 0 Å². The molecule has 0 aromatic rings. The lowest BCUT2D eigenvalue weighted by molar-refractivity contribution is 0.0962. The Morgan fingerprint density at radius 1 is 1.29 bits per heavy atom. The van der Waals surface area contributed by atoms with Crippen molar-refractivity contribution in [3.8, 4) is 0 Å². The van der Waals surface area contributed by atoms with Crippen LogP contribution in [0.1, 0.15) is 26.2 Å². The third-order valence-corrected chi connectivity index (χ3v) is 5.98. The summed E-state index contributed by atoms with van der Waals surface area (Å²) in [6.45, 7) is 5.41. The second-order valence-corrected chi connectivity index (χ2v) is 6.95. The van der Waals surface area contributed by atoms with Gasteiger partial charge in [0.2, 0.25) is 10.0 Å². The molecule has 0 saturated carbocycles. The smallest absolute Gasteiger partial charge is 0.217 e. The van der Waals surface area contributed by atoms with Crippen LogP contribution in [0.4, 0.5) is 0 Å². The van der Waals surface area contributed by atoms with Gasteiger partial charge in [0.15, 0.2) is 0 Å². The van der Waals surface area contributed by atoms with Crippen LogP contribution in [0.3, 0.4) is 0 Å². The predicted octanol–water partition coefficient (Wildman–Crippen LogP) is 0.179. The Labute approximate surface area is 104 Å². The molecule has 0 unspecified atom stereocenters. The monoisotopic (exact) mass is 262 g/mol. The summed E-state index contributed by atoms with van der Waals surface area (Å²) in [6.07, 6.45) is 2.16. The summed E-state index contributed by atoms with van der Waals surface area (Å²) >= 11 is 0. The van der Waals surface area contributed by atoms with Gasteiger partial charge in [-0.2, -0.15) is 4.31 Å². The number of rotatable bonds is 5. The van der Waals surface area contributed by atoms with E-state index in [1.807, 2.05) is 6.92 Å². The first kappa shape index (κ1) is 13.3. The fourth-order valence-corrected chi connectivity index (χ4v) is 4.55. The molecule has 0 aromatic carbocycles. The van der Waals surface area contributed by atoms with E-state index in [4.69, 9.17) is 4.74 Å². The maximum Gasteiger partial charge on any atom is 0.217 e. The van der Waals surface area contributed by atoms with Gasteiger partial charge < -0.3 is 10.1 Å². The SMILES string of the molecule is CCCN(C1CNC1)S(=O)(=O)C1CCOCC1. The lowest BCUT2D eigenvalue weighted by atomic mass is 10.2. The van der Waals surface area contributed by atoms with Crippen molar-refractivity contribution in [1.82, 2.24) is 9.62 Å². The van der Waals surface area contributed by atoms with E-state index in [2.05, 4.69) is 5.32 Å². The van der Waals surface area contributed by atoms with Crippen LogP contribution < -0.4 is 5.32 Å². The highest BCUT2D eigenvalue weighted by Gasteiger charge is 2.38. The quantitative estimate of drug-likeness (QED) is 0.768. The molecule has 2 aliphatic rings. The van der Waals surface area contributed by atoms with Crippen molar-refractivity contribution >= 4 is 10.0 Å². The summed E-state index contributed by atoms with van der Waals surface area (Å²) in [4.78, 5) is 0. The molecule has 0 amide bonds. The van der Waals surface area contributed by atoms with Gasteiger partial charge in [-0.25, -0.2) is 8.42 Å². The van der Waals surface area contributed by atoms with Crippen molar-refractivity contribution in [1.29, 1.82) is 0 Å². The fraction of sp³-hybridized carbons (Fsp3) is 1.00. The van der Waals surface area contributed by atoms with E-state index >= 15 is 0 Å². The fourth-order valence-electron chi connectivity index (χ4n) is 2.38. The molecule has 0 aliphatic carbocycles. The highest BCUT2D eigenvalue weighted by molar-refractivity contribution is 7.89. The number of ether oxygens (including phenoxy) is 1. The van der Waals surface area contributed by atoms with Crippen molar-refractivity contribution in [2.24, 2.45) is 0 Å². The van der Waals surface area contributed by atoms with Gasteiger partial charge in [-0.15, -0.1) is 0 Å². The average Bonchev–Trinajstić information content (AvgIpc) is 2.27. The van der Waals surface area contributed by atoms with Crippen LogP contribution in [-0.4, -0.2) is 56.9 Å². The molecule has 6 heteroatoms.